The lowest BCUT2D eigenvalue weighted by Crippen LogP contribution is -2.33. The first-order valence-electron chi connectivity index (χ1n) is 6.13. The Bertz CT molecular complexity index is 627. The van der Waals surface area contributed by atoms with Crippen LogP contribution in [0.2, 0.25) is 0 Å². The van der Waals surface area contributed by atoms with Crippen molar-refractivity contribution in [2.24, 2.45) is 0 Å². The molecule has 0 bridgehead atoms. The first kappa shape index (κ1) is 15.0. The van der Waals surface area contributed by atoms with Crippen molar-refractivity contribution < 1.29 is 4.92 Å². The molecule has 2 aromatic rings. The maximum atomic E-state index is 10.8. The fourth-order valence-corrected chi connectivity index (χ4v) is 3.27. The van der Waals surface area contributed by atoms with E-state index in [0.29, 0.717) is 11.6 Å². The van der Waals surface area contributed by atoms with Gasteiger partial charge in [0.25, 0.3) is 5.69 Å². The van der Waals surface area contributed by atoms with E-state index in [1.54, 1.807) is 17.4 Å². The number of likely N-dealkylation sites (N-methyl/N-ethyl adjacent to an activating group) is 1. The van der Waals surface area contributed by atoms with Gasteiger partial charge in [0.05, 0.1) is 15.1 Å². The number of anilines is 1. The Morgan fingerprint density at radius 3 is 3.00 bits per heavy atom. The summed E-state index contributed by atoms with van der Waals surface area (Å²) in [7, 11) is 2.03. The molecule has 1 aromatic heterocycles. The molecule has 0 amide bonds. The number of benzene rings is 1. The molecule has 1 N–H and O–H groups in total. The molecule has 108 valence electrons. The number of halogens is 1. The molecule has 0 spiro atoms. The van der Waals surface area contributed by atoms with Gasteiger partial charge in [-0.25, -0.2) is 4.98 Å². The van der Waals surface area contributed by atoms with Gasteiger partial charge in [-0.1, -0.05) is 11.3 Å². The number of nitro benzene ring substituents is 1. The lowest BCUT2D eigenvalue weighted by Gasteiger charge is -2.22. The molecule has 3 rings (SSSR count). The summed E-state index contributed by atoms with van der Waals surface area (Å²) in [5.74, 6) is 0. The van der Waals surface area contributed by atoms with E-state index in [2.05, 4.69) is 15.2 Å². The molecule has 0 saturated carbocycles. The second kappa shape index (κ2) is 5.90. The third-order valence-corrected chi connectivity index (χ3v) is 4.58. The number of nitro groups is 1. The largest absolute Gasteiger partial charge is 0.347 e. The Kier molecular flexibility index (Phi) is 4.42. The van der Waals surface area contributed by atoms with Gasteiger partial charge in [-0.05, 0) is 19.0 Å². The Balaban J connectivity index is 0.00000147. The summed E-state index contributed by atoms with van der Waals surface area (Å²) in [6.45, 7) is 2.00. The molecule has 0 aliphatic carbocycles. The van der Waals surface area contributed by atoms with E-state index in [4.69, 9.17) is 0 Å². The highest BCUT2D eigenvalue weighted by molar-refractivity contribution is 7.22. The van der Waals surface area contributed by atoms with Crippen LogP contribution in [0, 0.1) is 10.1 Å². The topological polar surface area (TPSA) is 71.3 Å². The molecular formula is C12H15ClN4O2S. The van der Waals surface area contributed by atoms with E-state index in [1.807, 2.05) is 7.05 Å². The van der Waals surface area contributed by atoms with E-state index in [1.165, 1.54) is 12.1 Å². The highest BCUT2D eigenvalue weighted by Gasteiger charge is 2.22. The average molecular weight is 315 g/mol. The van der Waals surface area contributed by atoms with E-state index >= 15 is 0 Å². The van der Waals surface area contributed by atoms with Crippen molar-refractivity contribution in [2.45, 2.75) is 12.5 Å². The molecule has 1 aliphatic rings. The molecule has 20 heavy (non-hydrogen) atoms. The predicted octanol–water partition coefficient (Wildman–Crippen LogP) is 2.42. The summed E-state index contributed by atoms with van der Waals surface area (Å²) in [5, 5.41) is 15.0. The predicted molar refractivity (Wildman–Crippen MR) is 83.2 cm³/mol. The lowest BCUT2D eigenvalue weighted by molar-refractivity contribution is -0.384. The minimum Gasteiger partial charge on any atom is -0.347 e. The minimum atomic E-state index is -0.386. The van der Waals surface area contributed by atoms with Crippen LogP contribution in [0.4, 0.5) is 10.8 Å². The maximum absolute atomic E-state index is 10.8. The van der Waals surface area contributed by atoms with E-state index in [-0.39, 0.29) is 23.0 Å². The third kappa shape index (κ3) is 2.70. The molecule has 1 saturated heterocycles. The molecule has 1 aromatic carbocycles. The Morgan fingerprint density at radius 1 is 1.55 bits per heavy atom. The van der Waals surface area contributed by atoms with Crippen LogP contribution in [0.5, 0.6) is 0 Å². The number of nitrogens with zero attached hydrogens (tertiary/aromatic N) is 3. The highest BCUT2D eigenvalue weighted by Crippen LogP contribution is 2.31. The Morgan fingerprint density at radius 2 is 2.35 bits per heavy atom. The number of non-ortho nitro benzene ring substituents is 1. The second-order valence-electron chi connectivity index (χ2n) is 4.66. The number of hydrogen-bond acceptors (Lipinski definition) is 6. The molecule has 1 atom stereocenters. The zero-order valence-corrected chi connectivity index (χ0v) is 12.5. The van der Waals surface area contributed by atoms with Crippen LogP contribution in [0.25, 0.3) is 10.2 Å². The van der Waals surface area contributed by atoms with Gasteiger partial charge >= 0.3 is 0 Å². The number of thiazole rings is 1. The first-order valence-corrected chi connectivity index (χ1v) is 6.95. The van der Waals surface area contributed by atoms with E-state index < -0.39 is 0 Å². The smallest absolute Gasteiger partial charge is 0.271 e. The quantitative estimate of drug-likeness (QED) is 0.696. The standard InChI is InChI=1S/C12H14N4O2S.ClH/c1-15(9-4-5-13-7-9)12-14-10-6-8(16(17)18)2-3-11(10)19-12;/h2-3,6,9,13H,4-5,7H2,1H3;1H/t9-;/m1./s1. The maximum Gasteiger partial charge on any atom is 0.271 e. The normalized spacial score (nSPS) is 17.9. The molecule has 2 heterocycles. The van der Waals surface area contributed by atoms with Gasteiger partial charge in [-0.2, -0.15) is 0 Å². The molecule has 0 radical (unpaired) electrons. The van der Waals surface area contributed by atoms with Gasteiger partial charge in [0, 0.05) is 31.8 Å². The van der Waals surface area contributed by atoms with Gasteiger partial charge in [-0.3, -0.25) is 10.1 Å². The van der Waals surface area contributed by atoms with Crippen LogP contribution >= 0.6 is 23.7 Å². The van der Waals surface area contributed by atoms with Crippen molar-refractivity contribution in [3.8, 4) is 0 Å². The van der Waals surface area contributed by atoms with Crippen molar-refractivity contribution in [3.05, 3.63) is 28.3 Å². The lowest BCUT2D eigenvalue weighted by atomic mass is 10.2. The summed E-state index contributed by atoms with van der Waals surface area (Å²) in [5.41, 5.74) is 0.793. The van der Waals surface area contributed by atoms with Crippen LogP contribution in [0.3, 0.4) is 0 Å². The van der Waals surface area contributed by atoms with Crippen molar-refractivity contribution in [2.75, 3.05) is 25.0 Å². The zero-order chi connectivity index (χ0) is 13.4. The van der Waals surface area contributed by atoms with Gasteiger partial charge in [0.1, 0.15) is 0 Å². The van der Waals surface area contributed by atoms with Crippen LogP contribution in [0.15, 0.2) is 18.2 Å². The molecule has 0 unspecified atom stereocenters. The molecule has 1 fully saturated rings. The van der Waals surface area contributed by atoms with Crippen LogP contribution in [-0.4, -0.2) is 36.1 Å². The molecule has 8 heteroatoms. The van der Waals surface area contributed by atoms with Gasteiger partial charge in [-0.15, -0.1) is 12.4 Å². The Labute approximate surface area is 126 Å². The molecule has 1 aliphatic heterocycles. The van der Waals surface area contributed by atoms with Crippen LogP contribution in [-0.2, 0) is 0 Å². The van der Waals surface area contributed by atoms with Gasteiger partial charge in [0.2, 0.25) is 0 Å². The number of hydrogen-bond donors (Lipinski definition) is 1. The minimum absolute atomic E-state index is 0. The summed E-state index contributed by atoms with van der Waals surface area (Å²) < 4.78 is 0.985. The first-order chi connectivity index (χ1) is 9.15. The SMILES string of the molecule is CN(c1nc2cc([N+](=O)[O-])ccc2s1)[C@@H]1CCNC1.Cl. The summed E-state index contributed by atoms with van der Waals surface area (Å²) in [4.78, 5) is 17.0. The Hall–Kier alpha value is -1.44. The van der Waals surface area contributed by atoms with Crippen molar-refractivity contribution in [3.63, 3.8) is 0 Å². The number of aromatic nitrogens is 1. The van der Waals surface area contributed by atoms with Crippen molar-refractivity contribution >= 4 is 44.8 Å². The number of nitrogens with one attached hydrogen (secondary N) is 1. The summed E-state index contributed by atoms with van der Waals surface area (Å²) in [6.07, 6.45) is 1.10. The van der Waals surface area contributed by atoms with E-state index in [9.17, 15) is 10.1 Å². The number of fused-ring (bicyclic) bond motifs is 1. The van der Waals surface area contributed by atoms with Crippen molar-refractivity contribution in [1.82, 2.24) is 10.3 Å². The highest BCUT2D eigenvalue weighted by atomic mass is 35.5. The second-order valence-corrected chi connectivity index (χ2v) is 5.67. The average Bonchev–Trinajstić information content (AvgIpc) is 3.06. The van der Waals surface area contributed by atoms with Crippen molar-refractivity contribution in [1.29, 1.82) is 0 Å². The fourth-order valence-electron chi connectivity index (χ4n) is 2.29. The van der Waals surface area contributed by atoms with E-state index in [0.717, 1.165) is 29.3 Å². The number of rotatable bonds is 3. The monoisotopic (exact) mass is 314 g/mol. The summed E-state index contributed by atoms with van der Waals surface area (Å²) >= 11 is 1.58. The van der Waals surface area contributed by atoms with Crippen LogP contribution < -0.4 is 10.2 Å². The molecular weight excluding hydrogens is 300 g/mol. The van der Waals surface area contributed by atoms with Gasteiger partial charge < -0.3 is 10.2 Å². The molecule has 6 nitrogen and oxygen atoms in total. The fraction of sp³-hybridized carbons (Fsp3) is 0.417. The van der Waals surface area contributed by atoms with Gasteiger partial charge in [0.15, 0.2) is 5.13 Å². The van der Waals surface area contributed by atoms with Crippen LogP contribution in [0.1, 0.15) is 6.42 Å². The summed E-state index contributed by atoms with van der Waals surface area (Å²) in [6, 6.07) is 5.29. The zero-order valence-electron chi connectivity index (χ0n) is 10.9. The third-order valence-electron chi connectivity index (χ3n) is 3.45.